The highest BCUT2D eigenvalue weighted by molar-refractivity contribution is 14.0. The van der Waals surface area contributed by atoms with Gasteiger partial charge in [-0.1, -0.05) is 6.92 Å². The van der Waals surface area contributed by atoms with Crippen molar-refractivity contribution in [2.75, 3.05) is 44.7 Å². The lowest BCUT2D eigenvalue weighted by Crippen LogP contribution is -2.46. The molecule has 0 radical (unpaired) electrons. The lowest BCUT2D eigenvalue weighted by molar-refractivity contribution is 0.0529. The van der Waals surface area contributed by atoms with Crippen LogP contribution in [0.15, 0.2) is 23.3 Å². The van der Waals surface area contributed by atoms with Crippen molar-refractivity contribution in [3.05, 3.63) is 23.9 Å². The zero-order valence-corrected chi connectivity index (χ0v) is 18.5. The Balaban J connectivity index is 0.00000243. The number of guanidine groups is 1. The van der Waals surface area contributed by atoms with E-state index in [-0.39, 0.29) is 30.1 Å². The zero-order chi connectivity index (χ0) is 17.6. The Hall–Kier alpha value is -1.09. The topological polar surface area (TPSA) is 53.0 Å². The molecule has 0 aromatic carbocycles. The summed E-state index contributed by atoms with van der Waals surface area (Å²) in [5, 5.41) is 3.52. The first-order chi connectivity index (χ1) is 12.2. The summed E-state index contributed by atoms with van der Waals surface area (Å²) in [6.45, 7) is 9.96. The van der Waals surface area contributed by atoms with Gasteiger partial charge in [0.15, 0.2) is 5.96 Å². The molecule has 2 aliphatic heterocycles. The highest BCUT2D eigenvalue weighted by atomic mass is 127. The molecule has 2 fully saturated rings. The Morgan fingerprint density at radius 3 is 2.92 bits per heavy atom. The first-order valence-electron chi connectivity index (χ1n) is 9.43. The maximum absolute atomic E-state index is 5.63. The molecule has 2 atom stereocenters. The SMILES string of the molecule is CN=C(NCc1ccnc(N2CCOC(C)C2)c1)N1CCCC(C)C1.I. The van der Waals surface area contributed by atoms with E-state index in [4.69, 9.17) is 4.74 Å². The van der Waals surface area contributed by atoms with Crippen molar-refractivity contribution in [3.63, 3.8) is 0 Å². The third-order valence-electron chi connectivity index (χ3n) is 4.99. The van der Waals surface area contributed by atoms with Crippen molar-refractivity contribution in [1.82, 2.24) is 15.2 Å². The second-order valence-corrected chi connectivity index (χ2v) is 7.24. The van der Waals surface area contributed by atoms with Crippen LogP contribution in [0.4, 0.5) is 5.82 Å². The molecule has 26 heavy (non-hydrogen) atoms. The van der Waals surface area contributed by atoms with Crippen LogP contribution in [0.25, 0.3) is 0 Å². The van der Waals surface area contributed by atoms with Crippen molar-refractivity contribution in [2.24, 2.45) is 10.9 Å². The van der Waals surface area contributed by atoms with Crippen molar-refractivity contribution in [2.45, 2.75) is 39.3 Å². The van der Waals surface area contributed by atoms with Gasteiger partial charge >= 0.3 is 0 Å². The molecule has 0 amide bonds. The number of hydrogen-bond donors (Lipinski definition) is 1. The van der Waals surface area contributed by atoms with Crippen molar-refractivity contribution >= 4 is 35.8 Å². The van der Waals surface area contributed by atoms with Crippen LogP contribution in [0.5, 0.6) is 0 Å². The van der Waals surface area contributed by atoms with E-state index >= 15 is 0 Å². The molecular weight excluding hydrogens is 441 g/mol. The minimum absolute atomic E-state index is 0. The fraction of sp³-hybridized carbons (Fsp3) is 0.684. The minimum atomic E-state index is 0. The number of piperidine rings is 1. The van der Waals surface area contributed by atoms with Gasteiger partial charge in [0.1, 0.15) is 5.82 Å². The van der Waals surface area contributed by atoms with Gasteiger partial charge in [0, 0.05) is 46.0 Å². The van der Waals surface area contributed by atoms with Gasteiger partial charge in [-0.2, -0.15) is 0 Å². The number of aliphatic imine (C=N–C) groups is 1. The van der Waals surface area contributed by atoms with Gasteiger partial charge < -0.3 is 19.9 Å². The summed E-state index contributed by atoms with van der Waals surface area (Å²) in [6.07, 6.45) is 4.73. The van der Waals surface area contributed by atoms with Gasteiger partial charge in [-0.3, -0.25) is 4.99 Å². The number of nitrogens with one attached hydrogen (secondary N) is 1. The number of nitrogens with zero attached hydrogens (tertiary/aromatic N) is 4. The van der Waals surface area contributed by atoms with Gasteiger partial charge in [0.2, 0.25) is 0 Å². The standard InChI is InChI=1S/C19H31N5O.HI/c1-15-5-4-8-24(13-15)19(20-3)22-12-17-6-7-21-18(11-17)23-9-10-25-16(2)14-23;/h6-7,11,15-16H,4-5,8-10,12-14H2,1-3H3,(H,20,22);1H. The summed E-state index contributed by atoms with van der Waals surface area (Å²) in [5.41, 5.74) is 1.23. The van der Waals surface area contributed by atoms with Gasteiger partial charge in [-0.25, -0.2) is 4.98 Å². The molecular formula is C19H32IN5O. The quantitative estimate of drug-likeness (QED) is 0.416. The summed E-state index contributed by atoms with van der Waals surface area (Å²) in [4.78, 5) is 13.7. The third kappa shape index (κ3) is 5.70. The van der Waals surface area contributed by atoms with Crippen LogP contribution in [0.1, 0.15) is 32.3 Å². The summed E-state index contributed by atoms with van der Waals surface area (Å²) in [6, 6.07) is 4.25. The molecule has 0 bridgehead atoms. The number of anilines is 1. The number of aromatic nitrogens is 1. The van der Waals surface area contributed by atoms with E-state index in [1.807, 2.05) is 13.2 Å². The van der Waals surface area contributed by atoms with Gasteiger partial charge in [-0.15, -0.1) is 24.0 Å². The summed E-state index contributed by atoms with van der Waals surface area (Å²) in [7, 11) is 1.87. The molecule has 0 aliphatic carbocycles. The van der Waals surface area contributed by atoms with E-state index in [9.17, 15) is 0 Å². The fourth-order valence-electron chi connectivity index (χ4n) is 3.67. The average Bonchev–Trinajstić information content (AvgIpc) is 2.63. The lowest BCUT2D eigenvalue weighted by Gasteiger charge is -2.33. The highest BCUT2D eigenvalue weighted by Gasteiger charge is 2.20. The van der Waals surface area contributed by atoms with Crippen molar-refractivity contribution in [3.8, 4) is 0 Å². The van der Waals surface area contributed by atoms with Gasteiger partial charge in [-0.05, 0) is 43.4 Å². The Kier molecular flexibility index (Phi) is 8.40. The molecule has 3 heterocycles. The van der Waals surface area contributed by atoms with E-state index in [0.717, 1.165) is 57.0 Å². The number of rotatable bonds is 3. The monoisotopic (exact) mass is 473 g/mol. The smallest absolute Gasteiger partial charge is 0.193 e. The molecule has 146 valence electrons. The summed E-state index contributed by atoms with van der Waals surface area (Å²) < 4.78 is 5.63. The number of ether oxygens (including phenoxy) is 1. The fourth-order valence-corrected chi connectivity index (χ4v) is 3.67. The van der Waals surface area contributed by atoms with E-state index in [0.29, 0.717) is 0 Å². The van der Waals surface area contributed by atoms with Crippen LogP contribution in [0, 0.1) is 5.92 Å². The van der Waals surface area contributed by atoms with Crippen LogP contribution in [0.2, 0.25) is 0 Å². The van der Waals surface area contributed by atoms with Crippen LogP contribution in [0.3, 0.4) is 0 Å². The number of likely N-dealkylation sites (tertiary alicyclic amines) is 1. The predicted octanol–water partition coefficient (Wildman–Crippen LogP) is 2.73. The predicted molar refractivity (Wildman–Crippen MR) is 117 cm³/mol. The molecule has 1 aromatic heterocycles. The third-order valence-corrected chi connectivity index (χ3v) is 4.99. The van der Waals surface area contributed by atoms with Gasteiger partial charge in [0.25, 0.3) is 0 Å². The number of pyridine rings is 1. The summed E-state index contributed by atoms with van der Waals surface area (Å²) >= 11 is 0. The van der Waals surface area contributed by atoms with E-state index in [1.54, 1.807) is 0 Å². The Morgan fingerprint density at radius 1 is 1.35 bits per heavy atom. The number of halogens is 1. The second-order valence-electron chi connectivity index (χ2n) is 7.24. The van der Waals surface area contributed by atoms with E-state index in [2.05, 4.69) is 51.1 Å². The minimum Gasteiger partial charge on any atom is -0.375 e. The Morgan fingerprint density at radius 2 is 2.19 bits per heavy atom. The average molecular weight is 473 g/mol. The largest absolute Gasteiger partial charge is 0.375 e. The zero-order valence-electron chi connectivity index (χ0n) is 16.1. The van der Waals surface area contributed by atoms with E-state index < -0.39 is 0 Å². The molecule has 1 aromatic rings. The highest BCUT2D eigenvalue weighted by Crippen LogP contribution is 2.17. The Bertz CT molecular complexity index is 597. The molecule has 3 rings (SSSR count). The van der Waals surface area contributed by atoms with Crippen LogP contribution < -0.4 is 10.2 Å². The molecule has 7 heteroatoms. The number of morpholine rings is 1. The van der Waals surface area contributed by atoms with Crippen molar-refractivity contribution < 1.29 is 4.74 Å². The molecule has 0 saturated carbocycles. The second kappa shape index (κ2) is 10.3. The van der Waals surface area contributed by atoms with Gasteiger partial charge in [0.05, 0.1) is 12.7 Å². The van der Waals surface area contributed by atoms with Crippen molar-refractivity contribution in [1.29, 1.82) is 0 Å². The molecule has 6 nitrogen and oxygen atoms in total. The number of hydrogen-bond acceptors (Lipinski definition) is 4. The molecule has 2 aliphatic rings. The molecule has 1 N–H and O–H groups in total. The van der Waals surface area contributed by atoms with Crippen LogP contribution in [-0.2, 0) is 11.3 Å². The van der Waals surface area contributed by atoms with E-state index in [1.165, 1.54) is 18.4 Å². The summed E-state index contributed by atoms with van der Waals surface area (Å²) in [5.74, 6) is 2.78. The first-order valence-corrected chi connectivity index (χ1v) is 9.43. The van der Waals surface area contributed by atoms with Crippen LogP contribution >= 0.6 is 24.0 Å². The lowest BCUT2D eigenvalue weighted by atomic mass is 10.0. The Labute approximate surface area is 174 Å². The maximum atomic E-state index is 5.63. The normalized spacial score (nSPS) is 24.2. The molecule has 2 saturated heterocycles. The maximum Gasteiger partial charge on any atom is 0.193 e. The first kappa shape index (κ1) is 21.2. The molecule has 0 spiro atoms. The molecule has 2 unspecified atom stereocenters. The van der Waals surface area contributed by atoms with Crippen LogP contribution in [-0.4, -0.2) is 61.8 Å².